The molecule has 0 aliphatic rings. The van der Waals surface area contributed by atoms with Gasteiger partial charge in [0.15, 0.2) is 5.65 Å². The Morgan fingerprint density at radius 1 is 1.00 bits per heavy atom. The van der Waals surface area contributed by atoms with E-state index in [0.717, 1.165) is 22.5 Å². The van der Waals surface area contributed by atoms with E-state index in [1.807, 2.05) is 66.7 Å². The fraction of sp³-hybridized carbons (Fsp3) is 0.174. The molecule has 140 valence electrons. The average Bonchev–Trinajstić information content (AvgIpc) is 3.16. The number of hydrogen-bond donors (Lipinski definition) is 1. The predicted octanol–water partition coefficient (Wildman–Crippen LogP) is 4.45. The number of benzene rings is 2. The summed E-state index contributed by atoms with van der Waals surface area (Å²) >= 11 is 0. The quantitative estimate of drug-likeness (QED) is 0.565. The molecule has 0 unspecified atom stereocenters. The number of rotatable bonds is 5. The van der Waals surface area contributed by atoms with Crippen LogP contribution >= 0.6 is 0 Å². The van der Waals surface area contributed by atoms with Crippen LogP contribution < -0.4 is 5.32 Å². The van der Waals surface area contributed by atoms with Gasteiger partial charge in [-0.2, -0.15) is 5.10 Å². The molecule has 0 spiro atoms. The Morgan fingerprint density at radius 2 is 1.64 bits per heavy atom. The Balaban J connectivity index is 1.89. The van der Waals surface area contributed by atoms with Gasteiger partial charge in [-0.05, 0) is 12.0 Å². The minimum absolute atomic E-state index is 0.152. The molecule has 0 radical (unpaired) electrons. The molecule has 0 bridgehead atoms. The smallest absolute Gasteiger partial charge is 0.256 e. The van der Waals surface area contributed by atoms with Crippen LogP contribution in [0.1, 0.15) is 24.2 Å². The van der Waals surface area contributed by atoms with Crippen molar-refractivity contribution in [3.05, 3.63) is 78.5 Å². The number of nitrogens with one attached hydrogen (secondary N) is 1. The first-order chi connectivity index (χ1) is 13.6. The van der Waals surface area contributed by atoms with E-state index in [9.17, 15) is 4.79 Å². The highest BCUT2D eigenvalue weighted by atomic mass is 16.1. The molecule has 0 atom stereocenters. The first-order valence-corrected chi connectivity index (χ1v) is 9.41. The molecule has 4 aromatic rings. The number of aromatic nitrogens is 3. The molecule has 0 aliphatic heterocycles. The molecule has 1 N–H and O–H groups in total. The lowest BCUT2D eigenvalue weighted by atomic mass is 10.1. The van der Waals surface area contributed by atoms with Crippen LogP contribution in [0.4, 0.5) is 0 Å². The normalized spacial score (nSPS) is 11.1. The van der Waals surface area contributed by atoms with Gasteiger partial charge >= 0.3 is 0 Å². The Morgan fingerprint density at radius 3 is 2.29 bits per heavy atom. The van der Waals surface area contributed by atoms with Crippen molar-refractivity contribution in [2.24, 2.45) is 5.92 Å². The van der Waals surface area contributed by atoms with Gasteiger partial charge in [-0.1, -0.05) is 74.5 Å². The summed E-state index contributed by atoms with van der Waals surface area (Å²) in [4.78, 5) is 17.5. The van der Waals surface area contributed by atoms with Crippen molar-refractivity contribution in [2.75, 3.05) is 6.54 Å². The van der Waals surface area contributed by atoms with Crippen molar-refractivity contribution in [3.63, 3.8) is 0 Å². The van der Waals surface area contributed by atoms with Crippen molar-refractivity contribution in [3.8, 4) is 22.5 Å². The van der Waals surface area contributed by atoms with E-state index >= 15 is 0 Å². The van der Waals surface area contributed by atoms with Gasteiger partial charge in [0, 0.05) is 17.7 Å². The molecule has 0 fully saturated rings. The van der Waals surface area contributed by atoms with Crippen molar-refractivity contribution >= 4 is 11.6 Å². The van der Waals surface area contributed by atoms with Gasteiger partial charge in [0.25, 0.3) is 5.91 Å². The fourth-order valence-corrected chi connectivity index (χ4v) is 3.09. The van der Waals surface area contributed by atoms with Gasteiger partial charge in [0.2, 0.25) is 0 Å². The summed E-state index contributed by atoms with van der Waals surface area (Å²) in [5, 5.41) is 7.43. The van der Waals surface area contributed by atoms with Crippen LogP contribution in [0.5, 0.6) is 0 Å². The zero-order valence-electron chi connectivity index (χ0n) is 16.0. The molecule has 2 heterocycles. The predicted molar refractivity (Wildman–Crippen MR) is 111 cm³/mol. The summed E-state index contributed by atoms with van der Waals surface area (Å²) in [6.45, 7) is 4.74. The van der Waals surface area contributed by atoms with E-state index in [-0.39, 0.29) is 5.91 Å². The third-order valence-electron chi connectivity index (χ3n) is 4.53. The van der Waals surface area contributed by atoms with Gasteiger partial charge in [-0.25, -0.2) is 9.50 Å². The van der Waals surface area contributed by atoms with E-state index in [2.05, 4.69) is 24.3 Å². The molecule has 2 aromatic heterocycles. The van der Waals surface area contributed by atoms with Crippen molar-refractivity contribution in [1.82, 2.24) is 19.9 Å². The minimum Gasteiger partial charge on any atom is -0.352 e. The van der Waals surface area contributed by atoms with Crippen LogP contribution in [0.3, 0.4) is 0 Å². The van der Waals surface area contributed by atoms with Crippen LogP contribution in [0, 0.1) is 5.92 Å². The monoisotopic (exact) mass is 370 g/mol. The van der Waals surface area contributed by atoms with Gasteiger partial charge < -0.3 is 5.32 Å². The highest BCUT2D eigenvalue weighted by Gasteiger charge is 2.18. The molecule has 0 saturated heterocycles. The van der Waals surface area contributed by atoms with Gasteiger partial charge in [-0.15, -0.1) is 0 Å². The minimum atomic E-state index is -0.152. The summed E-state index contributed by atoms with van der Waals surface area (Å²) < 4.78 is 1.74. The van der Waals surface area contributed by atoms with Gasteiger partial charge in [0.1, 0.15) is 5.56 Å². The Bertz CT molecular complexity index is 1100. The molecule has 28 heavy (non-hydrogen) atoms. The SMILES string of the molecule is CC(C)CNC(=O)c1cnn2c(-c3ccccc3)cc(-c3ccccc3)nc12. The van der Waals surface area contributed by atoms with E-state index < -0.39 is 0 Å². The van der Waals surface area contributed by atoms with Crippen molar-refractivity contribution in [2.45, 2.75) is 13.8 Å². The highest BCUT2D eigenvalue weighted by molar-refractivity contribution is 6.00. The number of carbonyl (C=O) groups excluding carboxylic acids is 1. The van der Waals surface area contributed by atoms with E-state index in [1.165, 1.54) is 0 Å². The molecular formula is C23H22N4O. The van der Waals surface area contributed by atoms with Crippen LogP contribution in [0.15, 0.2) is 72.9 Å². The largest absolute Gasteiger partial charge is 0.352 e. The Kier molecular flexibility index (Phi) is 4.89. The van der Waals surface area contributed by atoms with Crippen molar-refractivity contribution < 1.29 is 4.79 Å². The summed E-state index contributed by atoms with van der Waals surface area (Å²) in [5.41, 5.74) is 4.76. The molecule has 5 nitrogen and oxygen atoms in total. The molecule has 0 aliphatic carbocycles. The summed E-state index contributed by atoms with van der Waals surface area (Å²) in [6.07, 6.45) is 1.60. The standard InChI is InChI=1S/C23H22N4O/c1-16(2)14-24-23(28)19-15-25-27-21(18-11-7-4-8-12-18)13-20(26-22(19)27)17-9-5-3-6-10-17/h3-13,15-16H,14H2,1-2H3,(H,24,28). The summed E-state index contributed by atoms with van der Waals surface area (Å²) in [6, 6.07) is 22.0. The van der Waals surface area contributed by atoms with E-state index in [0.29, 0.717) is 23.7 Å². The van der Waals surface area contributed by atoms with Crippen molar-refractivity contribution in [1.29, 1.82) is 0 Å². The molecule has 5 heteroatoms. The maximum Gasteiger partial charge on any atom is 0.256 e. The van der Waals surface area contributed by atoms with Crippen LogP contribution in [0.25, 0.3) is 28.2 Å². The van der Waals surface area contributed by atoms with Crippen LogP contribution in [0.2, 0.25) is 0 Å². The summed E-state index contributed by atoms with van der Waals surface area (Å²) in [5.74, 6) is 0.221. The number of amides is 1. The molecule has 2 aromatic carbocycles. The van der Waals surface area contributed by atoms with Crippen LogP contribution in [-0.2, 0) is 0 Å². The first kappa shape index (κ1) is 17.9. The lowest BCUT2D eigenvalue weighted by Gasteiger charge is -2.10. The maximum absolute atomic E-state index is 12.7. The van der Waals surface area contributed by atoms with E-state index in [1.54, 1.807) is 10.7 Å². The lowest BCUT2D eigenvalue weighted by Crippen LogP contribution is -2.27. The second kappa shape index (κ2) is 7.64. The van der Waals surface area contributed by atoms with Gasteiger partial charge in [0.05, 0.1) is 17.6 Å². The maximum atomic E-state index is 12.7. The molecule has 0 saturated carbocycles. The van der Waals surface area contributed by atoms with Crippen LogP contribution in [-0.4, -0.2) is 27.0 Å². The molecule has 4 rings (SSSR count). The second-order valence-corrected chi connectivity index (χ2v) is 7.16. The second-order valence-electron chi connectivity index (χ2n) is 7.16. The Hall–Kier alpha value is -3.47. The highest BCUT2D eigenvalue weighted by Crippen LogP contribution is 2.27. The zero-order valence-corrected chi connectivity index (χ0v) is 16.0. The fourth-order valence-electron chi connectivity index (χ4n) is 3.09. The topological polar surface area (TPSA) is 59.3 Å². The van der Waals surface area contributed by atoms with E-state index in [4.69, 9.17) is 4.98 Å². The van der Waals surface area contributed by atoms with Gasteiger partial charge in [-0.3, -0.25) is 4.79 Å². The number of carbonyl (C=O) groups is 1. The third kappa shape index (κ3) is 3.51. The first-order valence-electron chi connectivity index (χ1n) is 9.41. The molecule has 1 amide bonds. The summed E-state index contributed by atoms with van der Waals surface area (Å²) in [7, 11) is 0. The third-order valence-corrected chi connectivity index (χ3v) is 4.53. The molecular weight excluding hydrogens is 348 g/mol. The zero-order chi connectivity index (χ0) is 19.5. The number of fused-ring (bicyclic) bond motifs is 1. The average molecular weight is 370 g/mol. The Labute approximate surface area is 164 Å². The number of nitrogens with zero attached hydrogens (tertiary/aromatic N) is 3. The lowest BCUT2D eigenvalue weighted by molar-refractivity contribution is 0.0950. The number of hydrogen-bond acceptors (Lipinski definition) is 3.